The Bertz CT molecular complexity index is 1140. The second-order valence-corrected chi connectivity index (χ2v) is 11.8. The highest BCUT2D eigenvalue weighted by molar-refractivity contribution is 5.99. The lowest BCUT2D eigenvalue weighted by atomic mass is 9.94. The lowest BCUT2D eigenvalue weighted by molar-refractivity contribution is -0.142. The number of hydrogen-bond acceptors (Lipinski definition) is 5. The molecular weight excluding hydrogens is 518 g/mol. The molecule has 3 amide bonds. The molecule has 3 unspecified atom stereocenters. The summed E-state index contributed by atoms with van der Waals surface area (Å²) in [5.41, 5.74) is 2.59. The van der Waals surface area contributed by atoms with Crippen LogP contribution in [0, 0.1) is 19.8 Å². The van der Waals surface area contributed by atoms with E-state index in [9.17, 15) is 14.4 Å². The Morgan fingerprint density at radius 2 is 1.56 bits per heavy atom. The monoisotopic (exact) mass is 567 g/mol. The zero-order chi connectivity index (χ0) is 30.7. The molecule has 0 aliphatic heterocycles. The molecule has 0 saturated heterocycles. The molecule has 0 heterocycles. The second kappa shape index (κ2) is 15.5. The summed E-state index contributed by atoms with van der Waals surface area (Å²) in [5, 5.41) is 5.84. The predicted molar refractivity (Wildman–Crippen MR) is 164 cm³/mol. The molecule has 2 aromatic rings. The average molecular weight is 568 g/mol. The molecule has 0 spiro atoms. The molecule has 0 aromatic heterocycles. The number of methoxy groups -OCH3 is 1. The number of amides is 3. The van der Waals surface area contributed by atoms with Crippen LogP contribution in [0.1, 0.15) is 90.0 Å². The molecule has 0 radical (unpaired) electrons. The molecule has 2 N–H and O–H groups in total. The molecule has 0 fully saturated rings. The van der Waals surface area contributed by atoms with Crippen LogP contribution in [0.25, 0.3) is 0 Å². The zero-order valence-corrected chi connectivity index (χ0v) is 26.3. The minimum atomic E-state index is -0.910. The third kappa shape index (κ3) is 10.4. The summed E-state index contributed by atoms with van der Waals surface area (Å²) in [5.74, 6) is -0.149. The van der Waals surface area contributed by atoms with Gasteiger partial charge in [0, 0.05) is 12.2 Å². The standard InChI is InChI=1S/C33H49N3O5/c1-10-12-13-18-36(31(38)28(24(5)11-2)35-32(39)41-33(6,7)8)29(25-20-22(3)19-23(4)21-25)30(37)34-26-14-16-27(40-9)17-15-26/h14-17,19-21,24,28-29H,10-13,18H2,1-9H3,(H,34,37)(H,35,39). The first-order valence-corrected chi connectivity index (χ1v) is 14.6. The first kappa shape index (κ1) is 33.7. The highest BCUT2D eigenvalue weighted by Gasteiger charge is 2.38. The van der Waals surface area contributed by atoms with Crippen LogP contribution in [0.15, 0.2) is 42.5 Å². The quantitative estimate of drug-likeness (QED) is 0.255. The van der Waals surface area contributed by atoms with Crippen molar-refractivity contribution in [1.29, 1.82) is 0 Å². The van der Waals surface area contributed by atoms with E-state index in [1.54, 1.807) is 57.0 Å². The van der Waals surface area contributed by atoms with Crippen molar-refractivity contribution in [3.8, 4) is 5.75 Å². The van der Waals surface area contributed by atoms with E-state index in [-0.39, 0.29) is 17.7 Å². The van der Waals surface area contributed by atoms with E-state index >= 15 is 0 Å². The van der Waals surface area contributed by atoms with E-state index in [0.717, 1.165) is 36.0 Å². The number of benzene rings is 2. The first-order valence-electron chi connectivity index (χ1n) is 14.6. The normalized spacial score (nSPS) is 13.5. The summed E-state index contributed by atoms with van der Waals surface area (Å²) in [6.07, 6.45) is 2.58. The van der Waals surface area contributed by atoms with Crippen molar-refractivity contribution in [2.45, 2.75) is 98.8 Å². The van der Waals surface area contributed by atoms with Crippen LogP contribution in [0.3, 0.4) is 0 Å². The van der Waals surface area contributed by atoms with Crippen molar-refractivity contribution < 1.29 is 23.9 Å². The minimum absolute atomic E-state index is 0.187. The van der Waals surface area contributed by atoms with Crippen LogP contribution in [0.5, 0.6) is 5.75 Å². The van der Waals surface area contributed by atoms with Crippen molar-refractivity contribution in [1.82, 2.24) is 10.2 Å². The Hall–Kier alpha value is -3.55. The molecule has 8 heteroatoms. The molecule has 2 aromatic carbocycles. The van der Waals surface area contributed by atoms with Crippen LogP contribution in [-0.4, -0.2) is 48.1 Å². The minimum Gasteiger partial charge on any atom is -0.497 e. The summed E-state index contributed by atoms with van der Waals surface area (Å²) < 4.78 is 10.8. The van der Waals surface area contributed by atoms with E-state index in [4.69, 9.17) is 9.47 Å². The molecule has 2 rings (SSSR count). The fourth-order valence-electron chi connectivity index (χ4n) is 4.72. The summed E-state index contributed by atoms with van der Waals surface area (Å²) >= 11 is 0. The molecule has 0 aliphatic carbocycles. The summed E-state index contributed by atoms with van der Waals surface area (Å²) in [4.78, 5) is 43.0. The zero-order valence-electron chi connectivity index (χ0n) is 26.3. The van der Waals surface area contributed by atoms with Gasteiger partial charge in [0.1, 0.15) is 23.4 Å². The predicted octanol–water partition coefficient (Wildman–Crippen LogP) is 6.95. The topological polar surface area (TPSA) is 97.0 Å². The maximum Gasteiger partial charge on any atom is 0.408 e. The Balaban J connectivity index is 2.59. The maximum atomic E-state index is 14.4. The molecule has 3 atom stereocenters. The Morgan fingerprint density at radius 3 is 2.07 bits per heavy atom. The van der Waals surface area contributed by atoms with Crippen molar-refractivity contribution in [2.75, 3.05) is 19.0 Å². The molecule has 8 nitrogen and oxygen atoms in total. The maximum absolute atomic E-state index is 14.4. The van der Waals surface area contributed by atoms with E-state index in [1.807, 2.05) is 45.9 Å². The molecule has 0 bridgehead atoms. The number of unbranched alkanes of at least 4 members (excludes halogenated alkanes) is 2. The lowest BCUT2D eigenvalue weighted by Gasteiger charge is -2.36. The number of hydrogen-bond donors (Lipinski definition) is 2. The number of carbonyl (C=O) groups is 3. The fourth-order valence-corrected chi connectivity index (χ4v) is 4.72. The Labute approximate surface area is 246 Å². The van der Waals surface area contributed by atoms with Crippen molar-refractivity contribution in [3.63, 3.8) is 0 Å². The van der Waals surface area contributed by atoms with Crippen molar-refractivity contribution in [2.24, 2.45) is 5.92 Å². The number of carbonyl (C=O) groups excluding carboxylic acids is 3. The first-order chi connectivity index (χ1) is 19.3. The number of ether oxygens (including phenoxy) is 2. The Morgan fingerprint density at radius 1 is 0.951 bits per heavy atom. The highest BCUT2D eigenvalue weighted by atomic mass is 16.6. The van der Waals surface area contributed by atoms with Gasteiger partial charge in [0.25, 0.3) is 5.91 Å². The van der Waals surface area contributed by atoms with Gasteiger partial charge in [-0.15, -0.1) is 0 Å². The SMILES string of the molecule is CCCCCN(C(=O)C(NC(=O)OC(C)(C)C)C(C)CC)C(C(=O)Nc1ccc(OC)cc1)c1cc(C)cc(C)c1. The van der Waals surface area contributed by atoms with E-state index < -0.39 is 23.8 Å². The third-order valence-corrected chi connectivity index (χ3v) is 6.91. The second-order valence-electron chi connectivity index (χ2n) is 11.8. The van der Waals surface area contributed by atoms with Gasteiger partial charge in [-0.2, -0.15) is 0 Å². The largest absolute Gasteiger partial charge is 0.497 e. The van der Waals surface area contributed by atoms with E-state index in [1.165, 1.54) is 0 Å². The molecule has 226 valence electrons. The van der Waals surface area contributed by atoms with Gasteiger partial charge in [0.15, 0.2) is 0 Å². The van der Waals surface area contributed by atoms with Crippen molar-refractivity contribution in [3.05, 3.63) is 59.2 Å². The van der Waals surface area contributed by atoms with Gasteiger partial charge in [0.2, 0.25) is 5.91 Å². The molecule has 0 saturated carbocycles. The molecule has 0 aliphatic rings. The van der Waals surface area contributed by atoms with Gasteiger partial charge in [-0.1, -0.05) is 69.4 Å². The van der Waals surface area contributed by atoms with Gasteiger partial charge < -0.3 is 25.0 Å². The van der Waals surface area contributed by atoms with Gasteiger partial charge in [-0.05, 0) is 76.8 Å². The number of nitrogens with one attached hydrogen (secondary N) is 2. The molecule has 41 heavy (non-hydrogen) atoms. The van der Waals surface area contributed by atoms with Gasteiger partial charge in [0.05, 0.1) is 7.11 Å². The van der Waals surface area contributed by atoms with Gasteiger partial charge in [-0.25, -0.2) is 4.79 Å². The van der Waals surface area contributed by atoms with Gasteiger partial charge in [-0.3, -0.25) is 9.59 Å². The van der Waals surface area contributed by atoms with Crippen LogP contribution in [0.2, 0.25) is 0 Å². The average Bonchev–Trinajstić information content (AvgIpc) is 2.89. The van der Waals surface area contributed by atoms with Crippen molar-refractivity contribution >= 4 is 23.6 Å². The number of aryl methyl sites for hydroxylation is 2. The number of alkyl carbamates (subject to hydrolysis) is 1. The van der Waals surface area contributed by atoms with E-state index in [0.29, 0.717) is 24.4 Å². The number of anilines is 1. The van der Waals surface area contributed by atoms with E-state index in [2.05, 4.69) is 17.6 Å². The van der Waals surface area contributed by atoms with Crippen LogP contribution in [0.4, 0.5) is 10.5 Å². The smallest absolute Gasteiger partial charge is 0.408 e. The van der Waals surface area contributed by atoms with Crippen LogP contribution >= 0.6 is 0 Å². The summed E-state index contributed by atoms with van der Waals surface area (Å²) in [6.45, 7) is 15.7. The highest BCUT2D eigenvalue weighted by Crippen LogP contribution is 2.28. The third-order valence-electron chi connectivity index (χ3n) is 6.91. The number of rotatable bonds is 13. The fraction of sp³-hybridized carbons (Fsp3) is 0.545. The van der Waals surface area contributed by atoms with Crippen LogP contribution < -0.4 is 15.4 Å². The summed E-state index contributed by atoms with van der Waals surface area (Å²) in [7, 11) is 1.59. The van der Waals surface area contributed by atoms with Gasteiger partial charge >= 0.3 is 6.09 Å². The summed E-state index contributed by atoms with van der Waals surface area (Å²) in [6, 6.07) is 11.2. The molecular formula is C33H49N3O5. The van der Waals surface area contributed by atoms with Crippen LogP contribution in [-0.2, 0) is 14.3 Å². The lowest BCUT2D eigenvalue weighted by Crippen LogP contribution is -2.55. The Kier molecular flexibility index (Phi) is 12.7. The number of nitrogens with zero attached hydrogens (tertiary/aromatic N) is 1.